The van der Waals surface area contributed by atoms with Crippen molar-refractivity contribution >= 4 is 24.0 Å². The van der Waals surface area contributed by atoms with E-state index in [9.17, 15) is 19.2 Å². The molecule has 0 aromatic heterocycles. The van der Waals surface area contributed by atoms with Crippen molar-refractivity contribution in [3.8, 4) is 0 Å². The SMILES string of the molecule is COC(=O)C(NC(=O)OC(C)(C)C)C(C(=O)OC)C(=O)OCc1ccccc1. The summed E-state index contributed by atoms with van der Waals surface area (Å²) in [6, 6.07) is 7.05. The first kappa shape index (κ1) is 22.9. The second-order valence-corrected chi connectivity index (χ2v) is 6.74. The quantitative estimate of drug-likeness (QED) is 0.420. The lowest BCUT2D eigenvalue weighted by Gasteiger charge is -2.25. The molecule has 0 fully saturated rings. The number of amides is 1. The van der Waals surface area contributed by atoms with Gasteiger partial charge in [-0.05, 0) is 26.3 Å². The average Bonchev–Trinajstić information content (AvgIpc) is 2.64. The van der Waals surface area contributed by atoms with E-state index in [1.807, 2.05) is 0 Å². The van der Waals surface area contributed by atoms with Crippen molar-refractivity contribution in [1.29, 1.82) is 0 Å². The lowest BCUT2D eigenvalue weighted by molar-refractivity contribution is -0.167. The Bertz CT molecular complexity index is 696. The summed E-state index contributed by atoms with van der Waals surface area (Å²) < 4.78 is 19.4. The predicted octanol–water partition coefficient (Wildman–Crippen LogP) is 1.59. The molecule has 0 saturated carbocycles. The number of carbonyl (C=O) groups is 4. The molecule has 1 aromatic carbocycles. The summed E-state index contributed by atoms with van der Waals surface area (Å²) >= 11 is 0. The molecule has 9 heteroatoms. The molecule has 2 atom stereocenters. The lowest BCUT2D eigenvalue weighted by Crippen LogP contribution is -2.53. The van der Waals surface area contributed by atoms with Gasteiger partial charge in [0.2, 0.25) is 0 Å². The number of carbonyl (C=O) groups excluding carboxylic acids is 4. The van der Waals surface area contributed by atoms with Crippen molar-refractivity contribution in [3.05, 3.63) is 35.9 Å². The van der Waals surface area contributed by atoms with Gasteiger partial charge in [-0.3, -0.25) is 9.59 Å². The second kappa shape index (κ2) is 10.3. The van der Waals surface area contributed by atoms with E-state index in [2.05, 4.69) is 14.8 Å². The van der Waals surface area contributed by atoms with Crippen LogP contribution in [0.4, 0.5) is 4.79 Å². The minimum absolute atomic E-state index is 0.131. The molecule has 0 radical (unpaired) electrons. The molecule has 0 saturated heterocycles. The maximum Gasteiger partial charge on any atom is 0.408 e. The van der Waals surface area contributed by atoms with E-state index in [0.717, 1.165) is 14.2 Å². The van der Waals surface area contributed by atoms with Gasteiger partial charge in [-0.2, -0.15) is 0 Å². The van der Waals surface area contributed by atoms with Crippen LogP contribution in [0.15, 0.2) is 30.3 Å². The fraction of sp³-hybridized carbons (Fsp3) is 0.474. The molecular formula is C19H25NO8. The standard InChI is InChI=1S/C19H25NO8/c1-19(2,3)28-18(24)20-14(17(23)26-5)13(15(21)25-4)16(22)27-11-12-9-7-6-8-10-12/h6-10,13-14H,11H2,1-5H3,(H,20,24). The Morgan fingerprint density at radius 3 is 2.00 bits per heavy atom. The van der Waals surface area contributed by atoms with Gasteiger partial charge in [-0.1, -0.05) is 30.3 Å². The van der Waals surface area contributed by atoms with Gasteiger partial charge in [-0.25, -0.2) is 9.59 Å². The third-order valence-electron chi connectivity index (χ3n) is 3.39. The number of rotatable bonds is 7. The topological polar surface area (TPSA) is 117 Å². The van der Waals surface area contributed by atoms with E-state index >= 15 is 0 Å². The highest BCUT2D eigenvalue weighted by molar-refractivity contribution is 6.01. The first-order valence-corrected chi connectivity index (χ1v) is 8.44. The van der Waals surface area contributed by atoms with E-state index in [4.69, 9.17) is 9.47 Å². The number of esters is 3. The smallest absolute Gasteiger partial charge is 0.408 e. The van der Waals surface area contributed by atoms with Gasteiger partial charge in [0, 0.05) is 0 Å². The molecule has 0 spiro atoms. The molecule has 9 nitrogen and oxygen atoms in total. The van der Waals surface area contributed by atoms with Crippen molar-refractivity contribution in [3.63, 3.8) is 0 Å². The molecule has 1 rings (SSSR count). The first-order chi connectivity index (χ1) is 13.1. The summed E-state index contributed by atoms with van der Waals surface area (Å²) in [6.07, 6.45) is -1.01. The summed E-state index contributed by atoms with van der Waals surface area (Å²) in [7, 11) is 2.09. The summed E-state index contributed by atoms with van der Waals surface area (Å²) in [6.45, 7) is 4.72. The van der Waals surface area contributed by atoms with E-state index in [1.54, 1.807) is 51.1 Å². The van der Waals surface area contributed by atoms with E-state index in [-0.39, 0.29) is 6.61 Å². The molecule has 2 unspecified atom stereocenters. The third-order valence-corrected chi connectivity index (χ3v) is 3.39. The molecule has 0 bridgehead atoms. The Morgan fingerprint density at radius 2 is 1.50 bits per heavy atom. The Labute approximate surface area is 163 Å². The van der Waals surface area contributed by atoms with Crippen molar-refractivity contribution in [2.24, 2.45) is 5.92 Å². The second-order valence-electron chi connectivity index (χ2n) is 6.74. The summed E-state index contributed by atoms with van der Waals surface area (Å²) in [5.41, 5.74) is -0.187. The minimum atomic E-state index is -1.77. The highest BCUT2D eigenvalue weighted by Gasteiger charge is 2.44. The van der Waals surface area contributed by atoms with Crippen LogP contribution in [0.5, 0.6) is 0 Å². The van der Waals surface area contributed by atoms with E-state index in [0.29, 0.717) is 5.56 Å². The van der Waals surface area contributed by atoms with Gasteiger partial charge in [0.1, 0.15) is 12.2 Å². The fourth-order valence-electron chi connectivity index (χ4n) is 2.15. The Kier molecular flexibility index (Phi) is 8.43. The van der Waals surface area contributed by atoms with Crippen LogP contribution in [0.3, 0.4) is 0 Å². The largest absolute Gasteiger partial charge is 0.468 e. The molecule has 0 aliphatic rings. The molecule has 1 aromatic rings. The van der Waals surface area contributed by atoms with Gasteiger partial charge in [0.05, 0.1) is 14.2 Å². The van der Waals surface area contributed by atoms with Crippen LogP contribution in [0.2, 0.25) is 0 Å². The lowest BCUT2D eigenvalue weighted by atomic mass is 10.00. The summed E-state index contributed by atoms with van der Waals surface area (Å²) in [4.78, 5) is 48.9. The zero-order valence-corrected chi connectivity index (χ0v) is 16.5. The van der Waals surface area contributed by atoms with Crippen LogP contribution < -0.4 is 5.32 Å². The van der Waals surface area contributed by atoms with Crippen LogP contribution >= 0.6 is 0 Å². The average molecular weight is 395 g/mol. The zero-order valence-electron chi connectivity index (χ0n) is 16.5. The predicted molar refractivity (Wildman–Crippen MR) is 96.9 cm³/mol. The van der Waals surface area contributed by atoms with Crippen LogP contribution in [0, 0.1) is 5.92 Å². The van der Waals surface area contributed by atoms with Gasteiger partial charge in [0.15, 0.2) is 12.0 Å². The molecule has 0 aliphatic heterocycles. The van der Waals surface area contributed by atoms with Crippen molar-refractivity contribution in [2.75, 3.05) is 14.2 Å². The summed E-state index contributed by atoms with van der Waals surface area (Å²) in [5, 5.41) is 2.18. The van der Waals surface area contributed by atoms with Crippen LogP contribution in [0.1, 0.15) is 26.3 Å². The molecule has 28 heavy (non-hydrogen) atoms. The normalized spacial score (nSPS) is 12.9. The molecule has 154 valence electrons. The van der Waals surface area contributed by atoms with E-state index in [1.165, 1.54) is 0 Å². The fourth-order valence-corrected chi connectivity index (χ4v) is 2.15. The highest BCUT2D eigenvalue weighted by atomic mass is 16.6. The number of hydrogen-bond acceptors (Lipinski definition) is 8. The maximum absolute atomic E-state index is 12.5. The Balaban J connectivity index is 3.02. The molecule has 1 N–H and O–H groups in total. The van der Waals surface area contributed by atoms with Crippen molar-refractivity contribution in [2.45, 2.75) is 39.0 Å². The third kappa shape index (κ3) is 7.26. The van der Waals surface area contributed by atoms with Crippen molar-refractivity contribution in [1.82, 2.24) is 5.32 Å². The van der Waals surface area contributed by atoms with Crippen molar-refractivity contribution < 1.29 is 38.1 Å². The van der Waals surface area contributed by atoms with Gasteiger partial charge >= 0.3 is 24.0 Å². The van der Waals surface area contributed by atoms with Crippen LogP contribution in [0.25, 0.3) is 0 Å². The monoisotopic (exact) mass is 395 g/mol. The number of hydrogen-bond donors (Lipinski definition) is 1. The Morgan fingerprint density at radius 1 is 0.929 bits per heavy atom. The number of benzene rings is 1. The highest BCUT2D eigenvalue weighted by Crippen LogP contribution is 2.15. The number of nitrogens with one attached hydrogen (secondary N) is 1. The minimum Gasteiger partial charge on any atom is -0.468 e. The molecule has 0 heterocycles. The van der Waals surface area contributed by atoms with Gasteiger partial charge in [0.25, 0.3) is 0 Å². The number of methoxy groups -OCH3 is 2. The Hall–Kier alpha value is -3.10. The van der Waals surface area contributed by atoms with Gasteiger partial charge < -0.3 is 24.3 Å². The molecular weight excluding hydrogens is 370 g/mol. The molecule has 1 amide bonds. The number of ether oxygens (including phenoxy) is 4. The zero-order chi connectivity index (χ0) is 21.3. The number of alkyl carbamates (subject to hydrolysis) is 1. The maximum atomic E-state index is 12.5. The van der Waals surface area contributed by atoms with E-state index < -0.39 is 41.6 Å². The van der Waals surface area contributed by atoms with Gasteiger partial charge in [-0.15, -0.1) is 0 Å². The van der Waals surface area contributed by atoms with Crippen LogP contribution in [-0.4, -0.2) is 49.9 Å². The van der Waals surface area contributed by atoms with Crippen LogP contribution in [-0.2, 0) is 39.9 Å². The molecule has 0 aliphatic carbocycles. The first-order valence-electron chi connectivity index (χ1n) is 8.44. The summed E-state index contributed by atoms with van der Waals surface area (Å²) in [5.74, 6) is -4.92.